The lowest BCUT2D eigenvalue weighted by Gasteiger charge is -2.12. The number of carbonyl (C=O) groups is 1. The van der Waals surface area contributed by atoms with Crippen LogP contribution in [0.2, 0.25) is 0 Å². The first-order valence-electron chi connectivity index (χ1n) is 7.81. The minimum Gasteiger partial charge on any atom is -0.435 e. The Morgan fingerprint density at radius 2 is 2.00 bits per heavy atom. The molecule has 0 aromatic heterocycles. The lowest BCUT2D eigenvalue weighted by atomic mass is 10.2. The number of anilines is 1. The maximum atomic E-state index is 12.5. The molecule has 0 radical (unpaired) electrons. The van der Waals surface area contributed by atoms with Crippen LogP contribution in [0.5, 0.6) is 5.75 Å². The van der Waals surface area contributed by atoms with Gasteiger partial charge in [-0.05, 0) is 36.8 Å². The fraction of sp³-hybridized carbons (Fsp3) is 0.278. The van der Waals surface area contributed by atoms with Crippen LogP contribution in [0.4, 0.5) is 14.5 Å². The normalized spacial score (nSPS) is 17.8. The molecular weight excluding hydrogens is 403 g/mol. The number of hydrogen-bond acceptors (Lipinski definition) is 3. The molecule has 1 atom stereocenters. The van der Waals surface area contributed by atoms with E-state index in [1.165, 1.54) is 24.3 Å². The Hall–Kier alpha value is -1.50. The molecule has 2 aromatic rings. The Morgan fingerprint density at radius 1 is 1.27 bits per heavy atom. The van der Waals surface area contributed by atoms with Gasteiger partial charge in [-0.15, -0.1) is 35.0 Å². The minimum atomic E-state index is -2.94. The van der Waals surface area contributed by atoms with Gasteiger partial charge in [0, 0.05) is 22.1 Å². The average Bonchev–Trinajstić information content (AvgIpc) is 3.20. The number of halogens is 4. The Morgan fingerprint density at radius 3 is 2.69 bits per heavy atom. The first kappa shape index (κ1) is 19.3. The average molecular weight is 418 g/mol. The molecule has 0 saturated heterocycles. The van der Waals surface area contributed by atoms with Crippen LogP contribution < -0.4 is 10.1 Å². The van der Waals surface area contributed by atoms with Crippen molar-refractivity contribution >= 4 is 46.6 Å². The van der Waals surface area contributed by atoms with Crippen LogP contribution in [0.3, 0.4) is 0 Å². The summed E-state index contributed by atoms with van der Waals surface area (Å²) in [5.74, 6) is 0.498. The first-order valence-corrected chi connectivity index (χ1v) is 9.55. The number of benzene rings is 2. The molecule has 0 spiro atoms. The van der Waals surface area contributed by atoms with Crippen molar-refractivity contribution in [1.82, 2.24) is 0 Å². The summed E-state index contributed by atoms with van der Waals surface area (Å²) in [5, 5.41) is 2.80. The molecule has 1 aliphatic carbocycles. The van der Waals surface area contributed by atoms with E-state index in [2.05, 4.69) is 10.1 Å². The van der Waals surface area contributed by atoms with E-state index in [-0.39, 0.29) is 17.2 Å². The largest absolute Gasteiger partial charge is 0.435 e. The van der Waals surface area contributed by atoms with Gasteiger partial charge in [-0.2, -0.15) is 8.78 Å². The van der Waals surface area contributed by atoms with Crippen molar-refractivity contribution in [3.8, 4) is 5.75 Å². The van der Waals surface area contributed by atoms with Crippen LogP contribution in [-0.4, -0.2) is 22.6 Å². The Balaban J connectivity index is 1.67. The molecule has 1 fully saturated rings. The van der Waals surface area contributed by atoms with Gasteiger partial charge in [-0.1, -0.05) is 18.2 Å². The van der Waals surface area contributed by atoms with E-state index in [1.54, 1.807) is 23.9 Å². The summed E-state index contributed by atoms with van der Waals surface area (Å²) < 4.78 is 28.3. The highest BCUT2D eigenvalue weighted by atomic mass is 35.5. The van der Waals surface area contributed by atoms with E-state index in [0.29, 0.717) is 5.69 Å². The van der Waals surface area contributed by atoms with Crippen LogP contribution in [-0.2, 0) is 0 Å². The van der Waals surface area contributed by atoms with Crippen LogP contribution in [0.25, 0.3) is 0 Å². The molecule has 1 unspecified atom stereocenters. The molecule has 0 bridgehead atoms. The van der Waals surface area contributed by atoms with Gasteiger partial charge in [0.25, 0.3) is 5.91 Å². The van der Waals surface area contributed by atoms with E-state index in [9.17, 15) is 13.6 Å². The second-order valence-corrected chi connectivity index (χ2v) is 8.43. The van der Waals surface area contributed by atoms with Gasteiger partial charge in [-0.25, -0.2) is 0 Å². The summed E-state index contributed by atoms with van der Waals surface area (Å²) in [6.07, 6.45) is 0.758. The lowest BCUT2D eigenvalue weighted by Crippen LogP contribution is -2.13. The molecular formula is C18H15Cl2F2NO2S. The zero-order chi connectivity index (χ0) is 18.7. The van der Waals surface area contributed by atoms with Crippen molar-refractivity contribution in [2.24, 2.45) is 5.92 Å². The monoisotopic (exact) mass is 417 g/mol. The van der Waals surface area contributed by atoms with Crippen LogP contribution in [0.1, 0.15) is 16.8 Å². The van der Waals surface area contributed by atoms with Crippen molar-refractivity contribution in [1.29, 1.82) is 0 Å². The molecule has 1 amide bonds. The smallest absolute Gasteiger partial charge is 0.387 e. The predicted molar refractivity (Wildman–Crippen MR) is 101 cm³/mol. The highest BCUT2D eigenvalue weighted by Gasteiger charge is 2.51. The zero-order valence-corrected chi connectivity index (χ0v) is 15.8. The van der Waals surface area contributed by atoms with E-state index in [1.807, 2.05) is 12.1 Å². The van der Waals surface area contributed by atoms with Gasteiger partial charge in [0.05, 0.1) is 5.69 Å². The quantitative estimate of drug-likeness (QED) is 0.455. The first-order chi connectivity index (χ1) is 12.3. The number of ether oxygens (including phenoxy) is 1. The SMILES string of the molecule is O=C(Nc1ccccc1SCC1CC1(Cl)Cl)c1cccc(OC(F)F)c1. The van der Waals surface area contributed by atoms with E-state index in [0.717, 1.165) is 17.1 Å². The third-order valence-electron chi connectivity index (χ3n) is 3.85. The number of hydrogen-bond donors (Lipinski definition) is 1. The number of carbonyl (C=O) groups excluding carboxylic acids is 1. The molecule has 0 aliphatic heterocycles. The lowest BCUT2D eigenvalue weighted by molar-refractivity contribution is -0.0498. The molecule has 3 rings (SSSR count). The fourth-order valence-electron chi connectivity index (χ4n) is 2.34. The maximum Gasteiger partial charge on any atom is 0.387 e. The summed E-state index contributed by atoms with van der Waals surface area (Å²) in [4.78, 5) is 13.3. The van der Waals surface area contributed by atoms with Gasteiger partial charge in [0.2, 0.25) is 0 Å². The van der Waals surface area contributed by atoms with Crippen molar-refractivity contribution in [2.75, 3.05) is 11.1 Å². The van der Waals surface area contributed by atoms with Crippen LogP contribution >= 0.6 is 35.0 Å². The van der Waals surface area contributed by atoms with Crippen LogP contribution in [0, 0.1) is 5.92 Å². The summed E-state index contributed by atoms with van der Waals surface area (Å²) >= 11 is 13.7. The summed E-state index contributed by atoms with van der Waals surface area (Å²) in [6, 6.07) is 13.0. The van der Waals surface area contributed by atoms with E-state index >= 15 is 0 Å². The maximum absolute atomic E-state index is 12.5. The number of nitrogens with one attached hydrogen (secondary N) is 1. The molecule has 0 heterocycles. The molecule has 138 valence electrons. The zero-order valence-electron chi connectivity index (χ0n) is 13.4. The molecule has 26 heavy (non-hydrogen) atoms. The number of amides is 1. The van der Waals surface area contributed by atoms with Crippen molar-refractivity contribution in [2.45, 2.75) is 22.3 Å². The molecule has 8 heteroatoms. The van der Waals surface area contributed by atoms with Crippen molar-refractivity contribution < 1.29 is 18.3 Å². The van der Waals surface area contributed by atoms with Crippen molar-refractivity contribution in [3.05, 3.63) is 54.1 Å². The second kappa shape index (κ2) is 8.03. The predicted octanol–water partition coefficient (Wildman–Crippen LogP) is 5.83. The van der Waals surface area contributed by atoms with Gasteiger partial charge >= 0.3 is 6.61 Å². The number of thioether (sulfide) groups is 1. The standard InChI is InChI=1S/C18H15Cl2F2NO2S/c19-18(20)9-12(18)10-26-15-7-2-1-6-14(15)23-16(24)11-4-3-5-13(8-11)25-17(21)22/h1-8,12,17H,9-10H2,(H,23,24). The molecule has 1 N–H and O–H groups in total. The fourth-order valence-corrected chi connectivity index (χ4v) is 4.29. The third-order valence-corrected chi connectivity index (χ3v) is 6.01. The summed E-state index contributed by atoms with van der Waals surface area (Å²) in [5.41, 5.74) is 0.865. The van der Waals surface area contributed by atoms with Gasteiger partial charge in [0.15, 0.2) is 0 Å². The Bertz CT molecular complexity index is 804. The van der Waals surface area contributed by atoms with Gasteiger partial charge in [-0.3, -0.25) is 4.79 Å². The van der Waals surface area contributed by atoms with Gasteiger partial charge < -0.3 is 10.1 Å². The van der Waals surface area contributed by atoms with E-state index in [4.69, 9.17) is 23.2 Å². The van der Waals surface area contributed by atoms with E-state index < -0.39 is 16.9 Å². The Kier molecular flexibility index (Phi) is 5.95. The molecule has 1 aliphatic rings. The van der Waals surface area contributed by atoms with Crippen molar-refractivity contribution in [3.63, 3.8) is 0 Å². The summed E-state index contributed by atoms with van der Waals surface area (Å²) in [7, 11) is 0. The number of rotatable bonds is 7. The molecule has 1 saturated carbocycles. The van der Waals surface area contributed by atoms with Crippen LogP contribution in [0.15, 0.2) is 53.4 Å². The topological polar surface area (TPSA) is 38.3 Å². The Labute approximate surface area is 164 Å². The second-order valence-electron chi connectivity index (χ2n) is 5.83. The highest BCUT2D eigenvalue weighted by Crippen LogP contribution is 2.55. The third kappa shape index (κ3) is 5.02. The molecule has 3 nitrogen and oxygen atoms in total. The summed E-state index contributed by atoms with van der Waals surface area (Å²) in [6.45, 7) is -2.94. The number of alkyl halides is 4. The van der Waals surface area contributed by atoms with Gasteiger partial charge in [0.1, 0.15) is 10.1 Å². The molecule has 2 aromatic carbocycles. The highest BCUT2D eigenvalue weighted by molar-refractivity contribution is 7.99. The number of para-hydroxylation sites is 1. The minimum absolute atomic E-state index is 0.0652.